The lowest BCUT2D eigenvalue weighted by Gasteiger charge is -2.32. The fraction of sp³-hybridized carbons (Fsp3) is 0.933. The Hall–Kier alpha value is -0.650. The van der Waals surface area contributed by atoms with E-state index in [2.05, 4.69) is 22.2 Å². The summed E-state index contributed by atoms with van der Waals surface area (Å²) in [4.78, 5) is 16.8. The van der Waals surface area contributed by atoms with E-state index in [1.54, 1.807) is 0 Å². The Labute approximate surface area is 123 Å². The highest BCUT2D eigenvalue weighted by molar-refractivity contribution is 5.80. The molecule has 1 aliphatic heterocycles. The topological polar surface area (TPSA) is 44.8 Å². The van der Waals surface area contributed by atoms with Crippen LogP contribution in [0.2, 0.25) is 0 Å². The van der Waals surface area contributed by atoms with Crippen LogP contribution in [-0.4, -0.2) is 74.7 Å². The van der Waals surface area contributed by atoms with Crippen molar-refractivity contribution in [2.24, 2.45) is 0 Å². The predicted octanol–water partition coefficient (Wildman–Crippen LogP) is 0.945. The number of esters is 1. The van der Waals surface area contributed by atoms with E-state index in [0.29, 0.717) is 6.61 Å². The largest absolute Gasteiger partial charge is 0.465 e. The van der Waals surface area contributed by atoms with Crippen molar-refractivity contribution < 1.29 is 9.53 Å². The number of nitrogens with one attached hydrogen (secondary N) is 1. The molecule has 118 valence electrons. The lowest BCUT2D eigenvalue weighted by molar-refractivity contribution is -0.150. The van der Waals surface area contributed by atoms with E-state index in [-0.39, 0.29) is 5.97 Å². The normalized spacial score (nSPS) is 20.6. The van der Waals surface area contributed by atoms with Gasteiger partial charge >= 0.3 is 5.97 Å². The molecule has 0 saturated carbocycles. The third-order valence-electron chi connectivity index (χ3n) is 4.27. The molecule has 0 radical (unpaired) electrons. The molecule has 1 fully saturated rings. The zero-order chi connectivity index (χ0) is 15.0. The quantitative estimate of drug-likeness (QED) is 0.531. The monoisotopic (exact) mass is 285 g/mol. The van der Waals surface area contributed by atoms with Gasteiger partial charge in [-0.2, -0.15) is 0 Å². The summed E-state index contributed by atoms with van der Waals surface area (Å²) in [5.41, 5.74) is -0.544. The Kier molecular flexibility index (Phi) is 7.48. The average molecular weight is 285 g/mol. The molecule has 0 amide bonds. The number of carbonyl (C=O) groups is 1. The minimum absolute atomic E-state index is 0.137. The predicted molar refractivity (Wildman–Crippen MR) is 81.9 cm³/mol. The number of unbranched alkanes of at least 4 members (excludes halogenated alkanes) is 1. The molecule has 1 aliphatic rings. The maximum absolute atomic E-state index is 11.9. The second-order valence-corrected chi connectivity index (χ2v) is 5.90. The third-order valence-corrected chi connectivity index (χ3v) is 4.27. The van der Waals surface area contributed by atoms with Gasteiger partial charge in [0.25, 0.3) is 0 Å². The molecule has 1 atom stereocenters. The maximum Gasteiger partial charge on any atom is 0.326 e. The number of likely N-dealkylation sites (N-methyl/N-ethyl adjacent to an activating group) is 2. The average Bonchev–Trinajstić information content (AvgIpc) is 2.45. The van der Waals surface area contributed by atoms with Gasteiger partial charge in [-0.1, -0.05) is 0 Å². The molecule has 0 aromatic carbocycles. The Morgan fingerprint density at radius 2 is 1.90 bits per heavy atom. The molecule has 1 rings (SSSR count). The van der Waals surface area contributed by atoms with Crippen LogP contribution in [0.5, 0.6) is 0 Å². The standard InChI is InChI=1S/C15H31N3O2/c1-5-20-14(19)15(2,16-3)8-6-7-9-18-12-10-17(4)11-13-18/h16H,5-13H2,1-4H3. The van der Waals surface area contributed by atoms with Crippen molar-refractivity contribution in [3.05, 3.63) is 0 Å². The first-order valence-electron chi connectivity index (χ1n) is 7.79. The van der Waals surface area contributed by atoms with E-state index >= 15 is 0 Å². The van der Waals surface area contributed by atoms with E-state index in [1.807, 2.05) is 20.9 Å². The third kappa shape index (κ3) is 5.38. The summed E-state index contributed by atoms with van der Waals surface area (Å²) in [6.45, 7) is 10.0. The van der Waals surface area contributed by atoms with Crippen molar-refractivity contribution in [3.8, 4) is 0 Å². The maximum atomic E-state index is 11.9. The van der Waals surface area contributed by atoms with Crippen molar-refractivity contribution in [3.63, 3.8) is 0 Å². The minimum Gasteiger partial charge on any atom is -0.465 e. The molecule has 0 aromatic heterocycles. The summed E-state index contributed by atoms with van der Waals surface area (Å²) in [5, 5.41) is 3.11. The molecule has 0 spiro atoms. The van der Waals surface area contributed by atoms with Gasteiger partial charge in [0.15, 0.2) is 0 Å². The molecule has 1 N–H and O–H groups in total. The molecule has 20 heavy (non-hydrogen) atoms. The molecular weight excluding hydrogens is 254 g/mol. The van der Waals surface area contributed by atoms with Gasteiger partial charge in [0.05, 0.1) is 6.61 Å². The molecule has 1 heterocycles. The SMILES string of the molecule is CCOC(=O)C(C)(CCCCN1CCN(C)CC1)NC. The van der Waals surface area contributed by atoms with Crippen molar-refractivity contribution in [2.75, 3.05) is 53.4 Å². The Balaban J connectivity index is 2.22. The Morgan fingerprint density at radius 1 is 1.25 bits per heavy atom. The summed E-state index contributed by atoms with van der Waals surface area (Å²) in [5.74, 6) is -0.137. The van der Waals surface area contributed by atoms with Crippen molar-refractivity contribution in [2.45, 2.75) is 38.6 Å². The molecule has 0 aromatic rings. The second kappa shape index (κ2) is 8.60. The van der Waals surface area contributed by atoms with Gasteiger partial charge in [-0.05, 0) is 53.8 Å². The van der Waals surface area contributed by atoms with E-state index in [0.717, 1.165) is 52.0 Å². The molecule has 1 saturated heterocycles. The summed E-state index contributed by atoms with van der Waals surface area (Å²) >= 11 is 0. The lowest BCUT2D eigenvalue weighted by atomic mass is 9.95. The minimum atomic E-state index is -0.544. The van der Waals surface area contributed by atoms with E-state index in [9.17, 15) is 4.79 Å². The van der Waals surface area contributed by atoms with E-state index in [1.165, 1.54) is 0 Å². The van der Waals surface area contributed by atoms with Crippen LogP contribution in [0.15, 0.2) is 0 Å². The van der Waals surface area contributed by atoms with E-state index < -0.39 is 5.54 Å². The number of carbonyl (C=O) groups excluding carboxylic acids is 1. The Bertz CT molecular complexity index is 291. The van der Waals surface area contributed by atoms with Crippen molar-refractivity contribution >= 4 is 5.97 Å². The van der Waals surface area contributed by atoms with Gasteiger partial charge in [0, 0.05) is 26.2 Å². The van der Waals surface area contributed by atoms with Gasteiger partial charge in [-0.15, -0.1) is 0 Å². The first-order valence-corrected chi connectivity index (χ1v) is 7.79. The zero-order valence-corrected chi connectivity index (χ0v) is 13.6. The van der Waals surface area contributed by atoms with Crippen LogP contribution in [0.4, 0.5) is 0 Å². The number of hydrogen-bond donors (Lipinski definition) is 1. The summed E-state index contributed by atoms with van der Waals surface area (Å²) in [6.07, 6.45) is 3.01. The molecule has 5 nitrogen and oxygen atoms in total. The van der Waals surface area contributed by atoms with Gasteiger partial charge in [-0.25, -0.2) is 0 Å². The molecule has 1 unspecified atom stereocenters. The van der Waals surface area contributed by atoms with Crippen LogP contribution in [-0.2, 0) is 9.53 Å². The second-order valence-electron chi connectivity index (χ2n) is 5.90. The lowest BCUT2D eigenvalue weighted by Crippen LogP contribution is -2.48. The highest BCUT2D eigenvalue weighted by atomic mass is 16.5. The number of piperazine rings is 1. The van der Waals surface area contributed by atoms with Crippen molar-refractivity contribution in [1.29, 1.82) is 0 Å². The first-order chi connectivity index (χ1) is 9.51. The molecular formula is C15H31N3O2. The van der Waals surface area contributed by atoms with Gasteiger partial charge in [-0.3, -0.25) is 4.79 Å². The number of hydrogen-bond acceptors (Lipinski definition) is 5. The highest BCUT2D eigenvalue weighted by Crippen LogP contribution is 2.16. The summed E-state index contributed by atoms with van der Waals surface area (Å²) in [6, 6.07) is 0. The van der Waals surface area contributed by atoms with Crippen LogP contribution in [0.25, 0.3) is 0 Å². The fourth-order valence-electron chi connectivity index (χ4n) is 2.50. The Morgan fingerprint density at radius 3 is 2.45 bits per heavy atom. The van der Waals surface area contributed by atoms with Crippen molar-refractivity contribution in [1.82, 2.24) is 15.1 Å². The van der Waals surface area contributed by atoms with Gasteiger partial charge < -0.3 is 19.9 Å². The zero-order valence-electron chi connectivity index (χ0n) is 13.6. The summed E-state index contributed by atoms with van der Waals surface area (Å²) in [7, 11) is 4.01. The smallest absolute Gasteiger partial charge is 0.326 e. The van der Waals surface area contributed by atoms with Crippen LogP contribution in [0.1, 0.15) is 33.1 Å². The van der Waals surface area contributed by atoms with Crippen LogP contribution in [0.3, 0.4) is 0 Å². The first kappa shape index (κ1) is 17.4. The number of nitrogens with zero attached hydrogens (tertiary/aromatic N) is 2. The van der Waals surface area contributed by atoms with Gasteiger partial charge in [0.1, 0.15) is 5.54 Å². The number of ether oxygens (including phenoxy) is 1. The number of rotatable bonds is 8. The van der Waals surface area contributed by atoms with Crippen LogP contribution in [0, 0.1) is 0 Å². The highest BCUT2D eigenvalue weighted by Gasteiger charge is 2.32. The summed E-state index contributed by atoms with van der Waals surface area (Å²) < 4.78 is 5.14. The van der Waals surface area contributed by atoms with E-state index in [4.69, 9.17) is 4.74 Å². The van der Waals surface area contributed by atoms with Crippen LogP contribution < -0.4 is 5.32 Å². The fourth-order valence-corrected chi connectivity index (χ4v) is 2.50. The molecule has 5 heteroatoms. The molecule has 0 aliphatic carbocycles. The molecule has 0 bridgehead atoms. The van der Waals surface area contributed by atoms with Gasteiger partial charge in [0.2, 0.25) is 0 Å². The van der Waals surface area contributed by atoms with Crippen LogP contribution >= 0.6 is 0 Å².